The Hall–Kier alpha value is -1.93. The van der Waals surface area contributed by atoms with E-state index in [1.54, 1.807) is 12.5 Å². The summed E-state index contributed by atoms with van der Waals surface area (Å²) in [6, 6.07) is 2.90. The van der Waals surface area contributed by atoms with Gasteiger partial charge in [-0.1, -0.05) is 6.92 Å². The second-order valence-corrected chi connectivity index (χ2v) is 7.74. The summed E-state index contributed by atoms with van der Waals surface area (Å²) in [5.74, 6) is 0.859. The summed E-state index contributed by atoms with van der Waals surface area (Å²) in [4.78, 5) is 11.5. The van der Waals surface area contributed by atoms with E-state index >= 15 is 0 Å². The maximum Gasteiger partial charge on any atom is 0.394 e. The van der Waals surface area contributed by atoms with E-state index in [4.69, 9.17) is 22.5 Å². The highest BCUT2D eigenvalue weighted by molar-refractivity contribution is 9.10. The quantitative estimate of drug-likeness (QED) is 0.483. The van der Waals surface area contributed by atoms with E-state index < -0.39 is 10.4 Å². The van der Waals surface area contributed by atoms with Crippen LogP contribution in [0.15, 0.2) is 23.1 Å². The summed E-state index contributed by atoms with van der Waals surface area (Å²) < 4.78 is 34.4. The van der Waals surface area contributed by atoms with Gasteiger partial charge in [-0.25, -0.2) is 9.97 Å². The molecule has 11 nitrogen and oxygen atoms in total. The van der Waals surface area contributed by atoms with Crippen molar-refractivity contribution in [2.75, 3.05) is 18.5 Å². The molecule has 3 aromatic heterocycles. The van der Waals surface area contributed by atoms with E-state index in [0.717, 1.165) is 34.4 Å². The van der Waals surface area contributed by atoms with Crippen molar-refractivity contribution in [1.29, 1.82) is 0 Å². The summed E-state index contributed by atoms with van der Waals surface area (Å²) in [7, 11) is -2.66. The first-order valence-electron chi connectivity index (χ1n) is 8.01. The predicted molar refractivity (Wildman–Crippen MR) is 102 cm³/mol. The lowest BCUT2D eigenvalue weighted by Crippen LogP contribution is -2.65. The molecule has 146 valence electrons. The van der Waals surface area contributed by atoms with Gasteiger partial charge in [-0.3, -0.25) is 13.5 Å². The van der Waals surface area contributed by atoms with Gasteiger partial charge < -0.3 is 10.2 Å². The molecule has 0 saturated carbocycles. The number of fused-ring (bicyclic) bond motifs is 3. The Balaban J connectivity index is 0.000000376. The van der Waals surface area contributed by atoms with E-state index in [1.807, 2.05) is 17.5 Å². The molecule has 0 radical (unpaired) electrons. The van der Waals surface area contributed by atoms with Gasteiger partial charge in [0.15, 0.2) is 11.5 Å². The van der Waals surface area contributed by atoms with Crippen LogP contribution < -0.4 is 10.2 Å². The van der Waals surface area contributed by atoms with Gasteiger partial charge in [-0.2, -0.15) is 8.42 Å². The number of pyridine rings is 1. The first kappa shape index (κ1) is 19.8. The molecular formula is C14H18BrN7O4S. The summed E-state index contributed by atoms with van der Waals surface area (Å²) in [6.07, 6.45) is 4.53. The van der Waals surface area contributed by atoms with Crippen molar-refractivity contribution in [2.45, 2.75) is 25.4 Å². The zero-order valence-corrected chi connectivity index (χ0v) is 16.9. The molecule has 0 spiro atoms. The van der Waals surface area contributed by atoms with Crippen LogP contribution >= 0.6 is 15.9 Å². The fourth-order valence-corrected chi connectivity index (χ4v) is 3.49. The first-order valence-corrected chi connectivity index (χ1v) is 10.2. The number of nitrogens with one attached hydrogen (secondary N) is 1. The van der Waals surface area contributed by atoms with Crippen LogP contribution in [0.5, 0.6) is 0 Å². The summed E-state index contributed by atoms with van der Waals surface area (Å²) >= 11 is 3.45. The van der Waals surface area contributed by atoms with Crippen LogP contribution in [0.2, 0.25) is 0 Å². The highest BCUT2D eigenvalue weighted by atomic mass is 79.9. The van der Waals surface area contributed by atoms with Crippen LogP contribution in [0.4, 0.5) is 5.82 Å². The highest BCUT2D eigenvalue weighted by Gasteiger charge is 2.38. The molecule has 1 aliphatic heterocycles. The van der Waals surface area contributed by atoms with E-state index in [9.17, 15) is 0 Å². The number of likely N-dealkylation sites (N-methyl/N-ethyl adjacent to an activating group) is 1. The van der Waals surface area contributed by atoms with Crippen LogP contribution in [0.3, 0.4) is 0 Å². The standard InChI is InChI=1S/C14H16BrN7.H2O4S/c1-3-10-9(16-2)6-21(10)13-14-20-18-7-22(14)11-4-8(15)5-17-12(11)19-13;1-5(2,3)4/h4-5,7,9-10,16H,3,6H2,1-2H3;(H2,1,2,3,4). The Bertz CT molecular complexity index is 1070. The number of rotatable bonds is 3. The van der Waals surface area contributed by atoms with Gasteiger partial charge in [0.05, 0.1) is 5.52 Å². The largest absolute Gasteiger partial charge is 0.394 e. The second kappa shape index (κ2) is 7.59. The van der Waals surface area contributed by atoms with Crippen molar-refractivity contribution in [3.05, 3.63) is 23.1 Å². The number of hydrogen-bond donors (Lipinski definition) is 3. The summed E-state index contributed by atoms with van der Waals surface area (Å²) in [6.45, 7) is 3.12. The molecule has 1 saturated heterocycles. The molecule has 0 bridgehead atoms. The van der Waals surface area contributed by atoms with E-state index in [1.165, 1.54) is 0 Å². The monoisotopic (exact) mass is 459 g/mol. The van der Waals surface area contributed by atoms with Crippen LogP contribution in [-0.4, -0.2) is 67.8 Å². The fraction of sp³-hybridized carbons (Fsp3) is 0.429. The van der Waals surface area contributed by atoms with Gasteiger partial charge in [-0.05, 0) is 35.5 Å². The molecule has 27 heavy (non-hydrogen) atoms. The maximum atomic E-state index is 8.74. The average molecular weight is 460 g/mol. The minimum absolute atomic E-state index is 0.422. The Labute approximate surface area is 163 Å². The van der Waals surface area contributed by atoms with Gasteiger partial charge in [0.25, 0.3) is 0 Å². The van der Waals surface area contributed by atoms with Crippen molar-refractivity contribution in [2.24, 2.45) is 0 Å². The number of halogens is 1. The van der Waals surface area contributed by atoms with Crippen molar-refractivity contribution in [1.82, 2.24) is 29.9 Å². The Morgan fingerprint density at radius 3 is 2.74 bits per heavy atom. The number of anilines is 1. The van der Waals surface area contributed by atoms with Crippen LogP contribution in [-0.2, 0) is 10.4 Å². The maximum absolute atomic E-state index is 8.74. The fourth-order valence-electron chi connectivity index (χ4n) is 3.17. The average Bonchev–Trinajstić information content (AvgIpc) is 3.04. The highest BCUT2D eigenvalue weighted by Crippen LogP contribution is 2.31. The first-order chi connectivity index (χ1) is 12.7. The molecule has 1 aliphatic rings. The molecule has 4 rings (SSSR count). The van der Waals surface area contributed by atoms with Crippen molar-refractivity contribution in [3.63, 3.8) is 0 Å². The predicted octanol–water partition coefficient (Wildman–Crippen LogP) is 0.969. The molecule has 4 heterocycles. The zero-order valence-electron chi connectivity index (χ0n) is 14.5. The van der Waals surface area contributed by atoms with Crippen molar-refractivity contribution < 1.29 is 17.5 Å². The Kier molecular flexibility index (Phi) is 5.58. The molecule has 13 heteroatoms. The van der Waals surface area contributed by atoms with Gasteiger partial charge in [0.1, 0.15) is 6.33 Å². The lowest BCUT2D eigenvalue weighted by atomic mass is 9.94. The summed E-state index contributed by atoms with van der Waals surface area (Å²) in [5.41, 5.74) is 2.38. The third kappa shape index (κ3) is 4.16. The molecular weight excluding hydrogens is 442 g/mol. The summed E-state index contributed by atoms with van der Waals surface area (Å²) in [5, 5.41) is 11.7. The van der Waals surface area contributed by atoms with Crippen LogP contribution in [0.25, 0.3) is 16.8 Å². The molecule has 0 aliphatic carbocycles. The van der Waals surface area contributed by atoms with Gasteiger partial charge in [-0.15, -0.1) is 10.2 Å². The van der Waals surface area contributed by atoms with E-state index in [2.05, 4.69) is 48.3 Å². The molecule has 0 aromatic carbocycles. The molecule has 2 unspecified atom stereocenters. The van der Waals surface area contributed by atoms with E-state index in [-0.39, 0.29) is 0 Å². The van der Waals surface area contributed by atoms with Crippen LogP contribution in [0.1, 0.15) is 13.3 Å². The molecule has 2 atom stereocenters. The lowest BCUT2D eigenvalue weighted by Gasteiger charge is -2.48. The normalized spacial score (nSPS) is 19.7. The zero-order chi connectivity index (χ0) is 19.8. The molecule has 3 aromatic rings. The minimum atomic E-state index is -4.67. The third-order valence-corrected chi connectivity index (χ3v) is 4.79. The smallest absolute Gasteiger partial charge is 0.347 e. The van der Waals surface area contributed by atoms with E-state index in [0.29, 0.717) is 17.7 Å². The number of hydrogen-bond acceptors (Lipinski definition) is 8. The number of aromatic nitrogens is 5. The molecule has 1 fully saturated rings. The molecule has 3 N–H and O–H groups in total. The van der Waals surface area contributed by atoms with Crippen molar-refractivity contribution in [3.8, 4) is 0 Å². The van der Waals surface area contributed by atoms with Gasteiger partial charge in [0, 0.05) is 29.3 Å². The van der Waals surface area contributed by atoms with Crippen LogP contribution in [0, 0.1) is 0 Å². The Morgan fingerprint density at radius 1 is 1.41 bits per heavy atom. The van der Waals surface area contributed by atoms with Gasteiger partial charge >= 0.3 is 10.4 Å². The molecule has 0 amide bonds. The van der Waals surface area contributed by atoms with Crippen molar-refractivity contribution >= 4 is 49.0 Å². The third-order valence-electron chi connectivity index (χ3n) is 4.35. The number of nitrogens with zero attached hydrogens (tertiary/aromatic N) is 6. The Morgan fingerprint density at radius 2 is 2.11 bits per heavy atom. The SMILES string of the molecule is CCC1C(NC)CN1c1nc2ncc(Br)cc2n2cnnc12.O=S(=O)(O)O. The lowest BCUT2D eigenvalue weighted by molar-refractivity contribution is 0.324. The second-order valence-electron chi connectivity index (χ2n) is 5.93. The van der Waals surface area contributed by atoms with Gasteiger partial charge in [0.2, 0.25) is 5.65 Å². The minimum Gasteiger partial charge on any atom is -0.347 e. The topological polar surface area (TPSA) is 146 Å².